The van der Waals surface area contributed by atoms with Crippen molar-refractivity contribution < 1.29 is 19.5 Å². The van der Waals surface area contributed by atoms with Gasteiger partial charge in [0, 0.05) is 10.3 Å². The Morgan fingerprint density at radius 3 is 2.62 bits per heavy atom. The molecule has 2 aliphatic rings. The van der Waals surface area contributed by atoms with Gasteiger partial charge >= 0.3 is 5.97 Å². The van der Waals surface area contributed by atoms with Gasteiger partial charge in [0.25, 0.3) is 5.91 Å². The van der Waals surface area contributed by atoms with Crippen molar-refractivity contribution in [2.75, 3.05) is 0 Å². The lowest BCUT2D eigenvalue weighted by molar-refractivity contribution is -0.144. The summed E-state index contributed by atoms with van der Waals surface area (Å²) < 4.78 is -0.517. The zero-order chi connectivity index (χ0) is 19.2. The molecule has 1 saturated heterocycles. The smallest absolute Gasteiger partial charge is 0.326 e. The van der Waals surface area contributed by atoms with Crippen LogP contribution in [-0.4, -0.2) is 44.6 Å². The Balaban J connectivity index is 1.91. The number of nitrogens with zero attached hydrogens (tertiary/aromatic N) is 1. The summed E-state index contributed by atoms with van der Waals surface area (Å²) in [6, 6.07) is 5.71. The molecule has 140 valence electrons. The molecule has 3 rings (SSSR count). The quantitative estimate of drug-likeness (QED) is 0.825. The molecule has 0 radical (unpaired) electrons. The van der Waals surface area contributed by atoms with E-state index in [1.54, 1.807) is 29.7 Å². The number of carbonyl (C=O) groups is 3. The van der Waals surface area contributed by atoms with Crippen LogP contribution < -0.4 is 5.32 Å². The lowest BCUT2D eigenvalue weighted by Gasteiger charge is -2.31. The fourth-order valence-corrected chi connectivity index (χ4v) is 5.31. The van der Waals surface area contributed by atoms with Crippen molar-refractivity contribution in [3.8, 4) is 0 Å². The monoisotopic (exact) mass is 376 g/mol. The molecular formula is C19H24N2O4S. The molecule has 2 heterocycles. The van der Waals surface area contributed by atoms with Crippen LogP contribution >= 0.6 is 11.8 Å². The normalized spacial score (nSPS) is 25.4. The number of carboxylic acids is 1. The van der Waals surface area contributed by atoms with E-state index in [1.165, 1.54) is 0 Å². The van der Waals surface area contributed by atoms with Gasteiger partial charge < -0.3 is 15.3 Å². The summed E-state index contributed by atoms with van der Waals surface area (Å²) in [5.74, 6) is -1.82. The number of nitrogens with one attached hydrogen (secondary N) is 1. The number of hydrogen-bond donors (Lipinski definition) is 2. The van der Waals surface area contributed by atoms with Crippen molar-refractivity contribution >= 4 is 29.5 Å². The number of fused-ring (bicyclic) bond motifs is 3. The molecular weight excluding hydrogens is 352 g/mol. The maximum Gasteiger partial charge on any atom is 0.326 e. The van der Waals surface area contributed by atoms with Gasteiger partial charge in [0.1, 0.15) is 17.5 Å². The van der Waals surface area contributed by atoms with Crippen LogP contribution in [-0.2, 0) is 9.59 Å². The lowest BCUT2D eigenvalue weighted by atomic mass is 9.96. The molecule has 4 atom stereocenters. The van der Waals surface area contributed by atoms with Gasteiger partial charge in [0.2, 0.25) is 5.91 Å². The fourth-order valence-electron chi connectivity index (χ4n) is 3.72. The molecule has 2 N–H and O–H groups in total. The fraction of sp³-hybridized carbons (Fsp3) is 0.526. The standard InChI is InChI=1S/C19H24N2O4S/c1-5-10(2)13(18(24)25)20-15(22)14-19(3,4)26-17-12-9-7-6-8-11(12)16(23)21(14)17/h6-10,13-14,17H,5H2,1-4H3,(H,20,22)(H,24,25)/t10-,13-,14+,17+/m0/s1. The highest BCUT2D eigenvalue weighted by Gasteiger charge is 2.57. The molecule has 0 bridgehead atoms. The minimum atomic E-state index is -1.05. The van der Waals surface area contributed by atoms with Gasteiger partial charge in [0.05, 0.1) is 0 Å². The van der Waals surface area contributed by atoms with Crippen molar-refractivity contribution in [1.29, 1.82) is 0 Å². The number of carbonyl (C=O) groups excluding carboxylic acids is 2. The van der Waals surface area contributed by atoms with E-state index < -0.39 is 28.7 Å². The van der Waals surface area contributed by atoms with E-state index in [2.05, 4.69) is 5.32 Å². The molecule has 0 saturated carbocycles. The van der Waals surface area contributed by atoms with Gasteiger partial charge in [-0.05, 0) is 31.4 Å². The summed E-state index contributed by atoms with van der Waals surface area (Å²) in [6.45, 7) is 7.54. The van der Waals surface area contributed by atoms with Crippen LogP contribution in [0.2, 0.25) is 0 Å². The Labute approximate surface area is 157 Å². The van der Waals surface area contributed by atoms with Crippen LogP contribution in [0.1, 0.15) is 55.4 Å². The number of hydrogen-bond acceptors (Lipinski definition) is 4. The third kappa shape index (κ3) is 2.88. The van der Waals surface area contributed by atoms with Crippen molar-refractivity contribution in [3.63, 3.8) is 0 Å². The molecule has 1 aromatic carbocycles. The highest BCUT2D eigenvalue weighted by Crippen LogP contribution is 2.56. The van der Waals surface area contributed by atoms with E-state index in [0.29, 0.717) is 12.0 Å². The zero-order valence-electron chi connectivity index (χ0n) is 15.4. The number of amides is 2. The van der Waals surface area contributed by atoms with Crippen molar-refractivity contribution in [3.05, 3.63) is 35.4 Å². The van der Waals surface area contributed by atoms with E-state index in [4.69, 9.17) is 0 Å². The summed E-state index contributed by atoms with van der Waals surface area (Å²) in [4.78, 5) is 39.2. The Bertz CT molecular complexity index is 764. The van der Waals surface area contributed by atoms with E-state index in [1.807, 2.05) is 39.0 Å². The average Bonchev–Trinajstić information content (AvgIpc) is 3.02. The second-order valence-electron chi connectivity index (χ2n) is 7.49. The summed E-state index contributed by atoms with van der Waals surface area (Å²) in [5.41, 5.74) is 1.54. The van der Waals surface area contributed by atoms with Crippen LogP contribution in [0, 0.1) is 5.92 Å². The van der Waals surface area contributed by atoms with Crippen molar-refractivity contribution in [2.45, 2.75) is 56.3 Å². The number of aliphatic carboxylic acids is 1. The number of rotatable bonds is 5. The topological polar surface area (TPSA) is 86.7 Å². The predicted octanol–water partition coefficient (Wildman–Crippen LogP) is 2.65. The maximum absolute atomic E-state index is 13.1. The molecule has 26 heavy (non-hydrogen) atoms. The minimum absolute atomic E-state index is 0.167. The maximum atomic E-state index is 13.1. The van der Waals surface area contributed by atoms with Gasteiger partial charge in [-0.1, -0.05) is 38.5 Å². The van der Waals surface area contributed by atoms with E-state index >= 15 is 0 Å². The first kappa shape index (κ1) is 18.8. The van der Waals surface area contributed by atoms with Gasteiger partial charge in [-0.3, -0.25) is 9.59 Å². The molecule has 2 aliphatic heterocycles. The highest BCUT2D eigenvalue weighted by molar-refractivity contribution is 8.01. The third-order valence-electron chi connectivity index (χ3n) is 5.32. The number of carboxylic acid groups (broad SMARTS) is 1. The van der Waals surface area contributed by atoms with Gasteiger partial charge in [-0.15, -0.1) is 11.8 Å². The Morgan fingerprint density at radius 1 is 1.35 bits per heavy atom. The molecule has 0 unspecified atom stereocenters. The van der Waals surface area contributed by atoms with E-state index in [9.17, 15) is 19.5 Å². The summed E-state index contributed by atoms with van der Waals surface area (Å²) >= 11 is 1.57. The molecule has 1 fully saturated rings. The largest absolute Gasteiger partial charge is 0.480 e. The average molecular weight is 376 g/mol. The van der Waals surface area contributed by atoms with Gasteiger partial charge in [-0.2, -0.15) is 0 Å². The second kappa shape index (κ2) is 6.61. The molecule has 0 spiro atoms. The van der Waals surface area contributed by atoms with Crippen LogP contribution in [0.15, 0.2) is 24.3 Å². The highest BCUT2D eigenvalue weighted by atomic mass is 32.2. The minimum Gasteiger partial charge on any atom is -0.480 e. The number of thioether (sulfide) groups is 1. The van der Waals surface area contributed by atoms with Crippen molar-refractivity contribution in [2.24, 2.45) is 5.92 Å². The summed E-state index contributed by atoms with van der Waals surface area (Å²) in [6.07, 6.45) is 0.636. The molecule has 6 nitrogen and oxygen atoms in total. The van der Waals surface area contributed by atoms with E-state index in [-0.39, 0.29) is 17.2 Å². The first-order chi connectivity index (χ1) is 12.2. The summed E-state index contributed by atoms with van der Waals surface area (Å²) in [5, 5.41) is 11.9. The van der Waals surface area contributed by atoms with Gasteiger partial charge in [0.15, 0.2) is 0 Å². The van der Waals surface area contributed by atoms with E-state index in [0.717, 1.165) is 5.56 Å². The Kier molecular flexibility index (Phi) is 4.77. The molecule has 7 heteroatoms. The first-order valence-electron chi connectivity index (χ1n) is 8.81. The Morgan fingerprint density at radius 2 is 2.00 bits per heavy atom. The number of benzene rings is 1. The third-order valence-corrected chi connectivity index (χ3v) is 6.86. The van der Waals surface area contributed by atoms with Crippen LogP contribution in [0.3, 0.4) is 0 Å². The molecule has 0 aliphatic carbocycles. The van der Waals surface area contributed by atoms with Crippen LogP contribution in [0.4, 0.5) is 0 Å². The molecule has 2 amide bonds. The molecule has 1 aromatic rings. The van der Waals surface area contributed by atoms with Gasteiger partial charge in [-0.25, -0.2) is 4.79 Å². The SMILES string of the molecule is CC[C@H](C)[C@H](NC(=O)[C@H]1N2C(=O)c3ccccc3[C@H]2SC1(C)C)C(=O)O. The van der Waals surface area contributed by atoms with Crippen LogP contribution in [0.25, 0.3) is 0 Å². The first-order valence-corrected chi connectivity index (χ1v) is 9.69. The zero-order valence-corrected chi connectivity index (χ0v) is 16.2. The van der Waals surface area contributed by atoms with Crippen LogP contribution in [0.5, 0.6) is 0 Å². The summed E-state index contributed by atoms with van der Waals surface area (Å²) in [7, 11) is 0. The molecule has 0 aromatic heterocycles. The lowest BCUT2D eigenvalue weighted by Crippen LogP contribution is -2.56. The Hall–Kier alpha value is -2.02. The second-order valence-corrected chi connectivity index (χ2v) is 9.22. The van der Waals surface area contributed by atoms with Crippen molar-refractivity contribution in [1.82, 2.24) is 10.2 Å². The predicted molar refractivity (Wildman–Crippen MR) is 99.8 cm³/mol.